The van der Waals surface area contributed by atoms with E-state index in [0.29, 0.717) is 18.9 Å². The molecule has 2 heterocycles. The predicted octanol–water partition coefficient (Wildman–Crippen LogP) is 3.13. The van der Waals surface area contributed by atoms with Crippen molar-refractivity contribution >= 4 is 5.91 Å². The standard InChI is InChI=1S/C21H36N4O/c1-16-20(17(2)24(3)23-16)9-12-22-21(26)15-18-10-13-25(14-11-18)19-7-5-4-6-8-19/h18-19H,4-15H2,1-3H3,(H,22,26). The molecule has 1 aromatic rings. The zero-order valence-electron chi connectivity index (χ0n) is 16.9. The number of piperidine rings is 1. The predicted molar refractivity (Wildman–Crippen MR) is 105 cm³/mol. The van der Waals surface area contributed by atoms with Crippen molar-refractivity contribution in [2.45, 2.75) is 77.7 Å². The third kappa shape index (κ3) is 4.87. The Kier molecular flexibility index (Phi) is 6.74. The summed E-state index contributed by atoms with van der Waals surface area (Å²) in [5.41, 5.74) is 3.55. The molecule has 26 heavy (non-hydrogen) atoms. The lowest BCUT2D eigenvalue weighted by molar-refractivity contribution is -0.122. The highest BCUT2D eigenvalue weighted by Crippen LogP contribution is 2.28. The average Bonchev–Trinajstić information content (AvgIpc) is 2.89. The van der Waals surface area contributed by atoms with Crippen LogP contribution in [-0.2, 0) is 18.3 Å². The van der Waals surface area contributed by atoms with Crippen molar-refractivity contribution in [2.24, 2.45) is 13.0 Å². The molecule has 0 spiro atoms. The maximum atomic E-state index is 12.3. The minimum atomic E-state index is 0.223. The Bertz CT molecular complexity index is 595. The molecule has 0 atom stereocenters. The van der Waals surface area contributed by atoms with Gasteiger partial charge in [0.1, 0.15) is 0 Å². The van der Waals surface area contributed by atoms with E-state index in [1.807, 2.05) is 18.7 Å². The maximum Gasteiger partial charge on any atom is 0.220 e. The number of hydrogen-bond donors (Lipinski definition) is 1. The maximum absolute atomic E-state index is 12.3. The van der Waals surface area contributed by atoms with Crippen LogP contribution >= 0.6 is 0 Å². The van der Waals surface area contributed by atoms with Crippen LogP contribution in [0.4, 0.5) is 0 Å². The number of aromatic nitrogens is 2. The van der Waals surface area contributed by atoms with Gasteiger partial charge in [0.25, 0.3) is 0 Å². The minimum absolute atomic E-state index is 0.223. The lowest BCUT2D eigenvalue weighted by Crippen LogP contribution is -2.43. The zero-order chi connectivity index (χ0) is 18.5. The SMILES string of the molecule is Cc1nn(C)c(C)c1CCNC(=O)CC1CCN(C2CCCCC2)CC1. The molecule has 0 aromatic carbocycles. The van der Waals surface area contributed by atoms with Gasteiger partial charge in [-0.2, -0.15) is 5.10 Å². The van der Waals surface area contributed by atoms with Crippen molar-refractivity contribution in [1.82, 2.24) is 20.0 Å². The van der Waals surface area contributed by atoms with Gasteiger partial charge in [0, 0.05) is 31.7 Å². The summed E-state index contributed by atoms with van der Waals surface area (Å²) in [5, 5.41) is 7.57. The second kappa shape index (κ2) is 9.03. The molecule has 2 aliphatic rings. The summed E-state index contributed by atoms with van der Waals surface area (Å²) in [4.78, 5) is 15.0. The van der Waals surface area contributed by atoms with E-state index in [1.165, 1.54) is 69.3 Å². The number of carbonyl (C=O) groups is 1. The van der Waals surface area contributed by atoms with Gasteiger partial charge in [-0.3, -0.25) is 9.48 Å². The molecule has 146 valence electrons. The van der Waals surface area contributed by atoms with Crippen LogP contribution in [0.5, 0.6) is 0 Å². The molecule has 5 nitrogen and oxygen atoms in total. The highest BCUT2D eigenvalue weighted by molar-refractivity contribution is 5.76. The molecule has 2 fully saturated rings. The Morgan fingerprint density at radius 2 is 1.81 bits per heavy atom. The lowest BCUT2D eigenvalue weighted by Gasteiger charge is -2.39. The average molecular weight is 361 g/mol. The van der Waals surface area contributed by atoms with Gasteiger partial charge in [0.15, 0.2) is 0 Å². The number of rotatable bonds is 6. The first-order valence-electron chi connectivity index (χ1n) is 10.5. The molecule has 1 amide bonds. The van der Waals surface area contributed by atoms with Gasteiger partial charge >= 0.3 is 0 Å². The van der Waals surface area contributed by atoms with E-state index in [1.54, 1.807) is 0 Å². The fourth-order valence-corrected chi connectivity index (χ4v) is 4.81. The quantitative estimate of drug-likeness (QED) is 0.848. The summed E-state index contributed by atoms with van der Waals surface area (Å²) in [6.45, 7) is 7.24. The number of hydrogen-bond acceptors (Lipinski definition) is 3. The monoisotopic (exact) mass is 360 g/mol. The van der Waals surface area contributed by atoms with Gasteiger partial charge in [0.05, 0.1) is 5.69 Å². The molecule has 1 aliphatic carbocycles. The molecule has 5 heteroatoms. The van der Waals surface area contributed by atoms with E-state index in [4.69, 9.17) is 0 Å². The van der Waals surface area contributed by atoms with Crippen LogP contribution in [0.15, 0.2) is 0 Å². The van der Waals surface area contributed by atoms with E-state index in [-0.39, 0.29) is 5.91 Å². The van der Waals surface area contributed by atoms with Gasteiger partial charge in [0.2, 0.25) is 5.91 Å². The summed E-state index contributed by atoms with van der Waals surface area (Å²) < 4.78 is 1.92. The van der Waals surface area contributed by atoms with Crippen LogP contribution in [0, 0.1) is 19.8 Å². The van der Waals surface area contributed by atoms with E-state index < -0.39 is 0 Å². The molecule has 1 aromatic heterocycles. The number of carbonyl (C=O) groups excluding carboxylic acids is 1. The van der Waals surface area contributed by atoms with Crippen molar-refractivity contribution < 1.29 is 4.79 Å². The van der Waals surface area contributed by atoms with Crippen molar-refractivity contribution in [2.75, 3.05) is 19.6 Å². The first-order valence-corrected chi connectivity index (χ1v) is 10.5. The minimum Gasteiger partial charge on any atom is -0.356 e. The van der Waals surface area contributed by atoms with Gasteiger partial charge < -0.3 is 10.2 Å². The van der Waals surface area contributed by atoms with Gasteiger partial charge in [-0.25, -0.2) is 0 Å². The molecule has 0 unspecified atom stereocenters. The third-order valence-electron chi connectivity index (χ3n) is 6.57. The van der Waals surface area contributed by atoms with E-state index in [9.17, 15) is 4.79 Å². The Morgan fingerprint density at radius 1 is 1.12 bits per heavy atom. The largest absolute Gasteiger partial charge is 0.356 e. The zero-order valence-corrected chi connectivity index (χ0v) is 16.9. The topological polar surface area (TPSA) is 50.2 Å². The van der Waals surface area contributed by atoms with Crippen LogP contribution in [-0.4, -0.2) is 46.3 Å². The molecule has 3 rings (SSSR count). The van der Waals surface area contributed by atoms with Crippen LogP contribution in [0.25, 0.3) is 0 Å². The fraction of sp³-hybridized carbons (Fsp3) is 0.810. The Morgan fingerprint density at radius 3 is 2.42 bits per heavy atom. The molecule has 1 saturated heterocycles. The van der Waals surface area contributed by atoms with Crippen molar-refractivity contribution in [1.29, 1.82) is 0 Å². The summed E-state index contributed by atoms with van der Waals surface area (Å²) in [7, 11) is 1.98. The molecule has 0 radical (unpaired) electrons. The number of aryl methyl sites for hydroxylation is 2. The van der Waals surface area contributed by atoms with Crippen molar-refractivity contribution in [3.63, 3.8) is 0 Å². The fourth-order valence-electron chi connectivity index (χ4n) is 4.81. The van der Waals surface area contributed by atoms with Crippen LogP contribution in [0.3, 0.4) is 0 Å². The van der Waals surface area contributed by atoms with Crippen LogP contribution in [0.2, 0.25) is 0 Å². The van der Waals surface area contributed by atoms with Gasteiger partial charge in [-0.1, -0.05) is 19.3 Å². The van der Waals surface area contributed by atoms with Crippen LogP contribution in [0.1, 0.15) is 68.3 Å². The molecule has 1 N–H and O–H groups in total. The summed E-state index contributed by atoms with van der Waals surface area (Å²) >= 11 is 0. The molecular formula is C21H36N4O. The third-order valence-corrected chi connectivity index (χ3v) is 6.57. The van der Waals surface area contributed by atoms with E-state index >= 15 is 0 Å². The number of nitrogens with one attached hydrogen (secondary N) is 1. The van der Waals surface area contributed by atoms with E-state index in [2.05, 4.69) is 22.2 Å². The molecule has 1 saturated carbocycles. The summed E-state index contributed by atoms with van der Waals surface area (Å²) in [6.07, 6.45) is 10.9. The first-order chi connectivity index (χ1) is 12.5. The number of likely N-dealkylation sites (tertiary alicyclic amines) is 1. The van der Waals surface area contributed by atoms with E-state index in [0.717, 1.165) is 18.2 Å². The molecule has 0 bridgehead atoms. The van der Waals surface area contributed by atoms with Crippen molar-refractivity contribution in [3.05, 3.63) is 17.0 Å². The van der Waals surface area contributed by atoms with Crippen molar-refractivity contribution in [3.8, 4) is 0 Å². The molecular weight excluding hydrogens is 324 g/mol. The smallest absolute Gasteiger partial charge is 0.220 e. The highest BCUT2D eigenvalue weighted by atomic mass is 16.1. The normalized spacial score (nSPS) is 20.4. The van der Waals surface area contributed by atoms with Gasteiger partial charge in [-0.15, -0.1) is 0 Å². The Hall–Kier alpha value is -1.36. The summed E-state index contributed by atoms with van der Waals surface area (Å²) in [6, 6.07) is 0.824. The highest BCUT2D eigenvalue weighted by Gasteiger charge is 2.27. The van der Waals surface area contributed by atoms with Gasteiger partial charge in [-0.05, 0) is 70.5 Å². The lowest BCUT2D eigenvalue weighted by atomic mass is 9.89. The second-order valence-corrected chi connectivity index (χ2v) is 8.35. The Balaban J connectivity index is 1.35. The molecule has 1 aliphatic heterocycles. The first kappa shape index (κ1) is 19.4. The number of amides is 1. The number of nitrogens with zero attached hydrogens (tertiary/aromatic N) is 3. The Labute approximate surface area is 158 Å². The van der Waals surface area contributed by atoms with Crippen LogP contribution < -0.4 is 5.32 Å². The second-order valence-electron chi connectivity index (χ2n) is 8.35. The summed E-state index contributed by atoms with van der Waals surface area (Å²) in [5.74, 6) is 0.789.